The van der Waals surface area contributed by atoms with Gasteiger partial charge in [0.15, 0.2) is 0 Å². The summed E-state index contributed by atoms with van der Waals surface area (Å²) in [6, 6.07) is 9.17. The predicted molar refractivity (Wildman–Crippen MR) is 106 cm³/mol. The lowest BCUT2D eigenvalue weighted by atomic mass is 10.1. The van der Waals surface area contributed by atoms with Crippen molar-refractivity contribution in [2.24, 2.45) is 0 Å². The second kappa shape index (κ2) is 8.01. The molecule has 27 heavy (non-hydrogen) atoms. The minimum Gasteiger partial charge on any atom is -0.349 e. The van der Waals surface area contributed by atoms with Gasteiger partial charge in [-0.3, -0.25) is 4.79 Å². The first kappa shape index (κ1) is 19.2. The third kappa shape index (κ3) is 4.42. The van der Waals surface area contributed by atoms with Gasteiger partial charge in [-0.15, -0.1) is 10.2 Å². The van der Waals surface area contributed by atoms with E-state index in [0.29, 0.717) is 16.1 Å². The zero-order chi connectivity index (χ0) is 19.6. The number of amides is 1. The number of nitrogens with zero attached hydrogens (tertiary/aromatic N) is 5. The molecule has 0 aliphatic carbocycles. The largest absolute Gasteiger partial charge is 0.349 e. The van der Waals surface area contributed by atoms with Gasteiger partial charge in [-0.05, 0) is 44.5 Å². The molecule has 142 valence electrons. The Labute approximate surface area is 166 Å². The molecule has 0 saturated carbocycles. The average Bonchev–Trinajstić information content (AvgIpc) is 3.14. The summed E-state index contributed by atoms with van der Waals surface area (Å²) in [5, 5.41) is 16.5. The molecule has 8 nitrogen and oxygen atoms in total. The molecule has 1 amide bonds. The van der Waals surface area contributed by atoms with E-state index in [4.69, 9.17) is 17.4 Å². The van der Waals surface area contributed by atoms with Gasteiger partial charge in [0, 0.05) is 10.7 Å². The summed E-state index contributed by atoms with van der Waals surface area (Å²) in [4.78, 5) is 12.2. The van der Waals surface area contributed by atoms with Gasteiger partial charge in [-0.2, -0.15) is 5.10 Å². The molecule has 0 radical (unpaired) electrons. The first-order valence-electron chi connectivity index (χ1n) is 8.27. The van der Waals surface area contributed by atoms with E-state index in [1.807, 2.05) is 45.0 Å². The van der Waals surface area contributed by atoms with Gasteiger partial charge < -0.3 is 11.2 Å². The SMILES string of the molecule is Cc1cc(C)n(-c2nnc(SCC(=O)N[C@@H](C)c3cccc(Cl)c3)n2N)n1. The number of nitrogen functional groups attached to an aromatic ring is 1. The molecule has 2 aromatic heterocycles. The van der Waals surface area contributed by atoms with Crippen molar-refractivity contribution in [3.05, 3.63) is 52.3 Å². The maximum absolute atomic E-state index is 12.2. The third-order valence-electron chi connectivity index (χ3n) is 3.90. The minimum atomic E-state index is -0.155. The van der Waals surface area contributed by atoms with E-state index in [0.717, 1.165) is 17.0 Å². The molecule has 10 heteroatoms. The van der Waals surface area contributed by atoms with Gasteiger partial charge >= 0.3 is 0 Å². The van der Waals surface area contributed by atoms with E-state index in [1.165, 1.54) is 16.4 Å². The summed E-state index contributed by atoms with van der Waals surface area (Å²) < 4.78 is 2.95. The van der Waals surface area contributed by atoms with Crippen molar-refractivity contribution in [2.75, 3.05) is 11.6 Å². The normalized spacial score (nSPS) is 12.1. The van der Waals surface area contributed by atoms with Crippen molar-refractivity contribution in [1.82, 2.24) is 30.0 Å². The van der Waals surface area contributed by atoms with Crippen molar-refractivity contribution >= 4 is 29.3 Å². The molecular formula is C17H20ClN7OS. The fourth-order valence-electron chi connectivity index (χ4n) is 2.62. The molecule has 0 aliphatic heterocycles. The summed E-state index contributed by atoms with van der Waals surface area (Å²) in [5.74, 6) is 6.50. The standard InChI is InChI=1S/C17H20ClN7OS/c1-10-7-11(2)25(23-10)16-21-22-17(24(16)19)27-9-15(26)20-12(3)13-5-4-6-14(18)8-13/h4-8,12H,9,19H2,1-3H3,(H,20,26)/t12-/m0/s1. The zero-order valence-corrected chi connectivity index (χ0v) is 16.8. The van der Waals surface area contributed by atoms with E-state index in [-0.39, 0.29) is 17.7 Å². The molecule has 0 unspecified atom stereocenters. The molecule has 0 fully saturated rings. The number of hydrogen-bond donors (Lipinski definition) is 2. The average molecular weight is 406 g/mol. The molecule has 1 aromatic carbocycles. The number of aromatic nitrogens is 5. The van der Waals surface area contributed by atoms with Crippen LogP contribution in [-0.4, -0.2) is 36.3 Å². The quantitative estimate of drug-likeness (QED) is 0.482. The molecule has 0 saturated heterocycles. The highest BCUT2D eigenvalue weighted by Crippen LogP contribution is 2.19. The van der Waals surface area contributed by atoms with Crippen LogP contribution >= 0.6 is 23.4 Å². The highest BCUT2D eigenvalue weighted by molar-refractivity contribution is 7.99. The number of carbonyl (C=O) groups excluding carboxylic acids is 1. The maximum atomic E-state index is 12.2. The Morgan fingerprint density at radius 1 is 1.33 bits per heavy atom. The Morgan fingerprint density at radius 2 is 2.11 bits per heavy atom. The summed E-state index contributed by atoms with van der Waals surface area (Å²) in [7, 11) is 0. The van der Waals surface area contributed by atoms with Crippen LogP contribution in [0.4, 0.5) is 0 Å². The van der Waals surface area contributed by atoms with Crippen LogP contribution in [0.1, 0.15) is 29.9 Å². The number of benzene rings is 1. The molecule has 3 rings (SSSR count). The van der Waals surface area contributed by atoms with E-state index < -0.39 is 0 Å². The van der Waals surface area contributed by atoms with Gasteiger partial charge in [0.2, 0.25) is 11.1 Å². The summed E-state index contributed by atoms with van der Waals surface area (Å²) in [6.45, 7) is 5.70. The van der Waals surface area contributed by atoms with Crippen molar-refractivity contribution < 1.29 is 4.79 Å². The number of halogens is 1. The van der Waals surface area contributed by atoms with Gasteiger partial charge in [0.05, 0.1) is 17.5 Å². The van der Waals surface area contributed by atoms with E-state index in [1.54, 1.807) is 10.7 Å². The second-order valence-electron chi connectivity index (χ2n) is 6.12. The van der Waals surface area contributed by atoms with Crippen LogP contribution in [0.25, 0.3) is 5.95 Å². The summed E-state index contributed by atoms with van der Waals surface area (Å²) in [5.41, 5.74) is 2.70. The Balaban J connectivity index is 1.62. The number of hydrogen-bond acceptors (Lipinski definition) is 6. The number of rotatable bonds is 6. The molecule has 0 aliphatic rings. The van der Waals surface area contributed by atoms with Gasteiger partial charge in [0.25, 0.3) is 5.95 Å². The van der Waals surface area contributed by atoms with Gasteiger partial charge in [0.1, 0.15) is 0 Å². The van der Waals surface area contributed by atoms with E-state index in [9.17, 15) is 4.79 Å². The topological polar surface area (TPSA) is 104 Å². The number of nitrogens with two attached hydrogens (primary N) is 1. The number of nitrogens with one attached hydrogen (secondary N) is 1. The van der Waals surface area contributed by atoms with Crippen LogP contribution in [0.5, 0.6) is 0 Å². The van der Waals surface area contributed by atoms with Gasteiger partial charge in [-0.1, -0.05) is 35.5 Å². The van der Waals surface area contributed by atoms with Crippen molar-refractivity contribution in [1.29, 1.82) is 0 Å². The zero-order valence-electron chi connectivity index (χ0n) is 15.2. The number of aryl methyl sites for hydroxylation is 2. The third-order valence-corrected chi connectivity index (χ3v) is 5.08. The van der Waals surface area contributed by atoms with Crippen molar-refractivity contribution in [2.45, 2.75) is 32.0 Å². The van der Waals surface area contributed by atoms with Crippen LogP contribution < -0.4 is 11.2 Å². The lowest BCUT2D eigenvalue weighted by molar-refractivity contribution is -0.119. The Morgan fingerprint density at radius 3 is 2.78 bits per heavy atom. The highest BCUT2D eigenvalue weighted by atomic mass is 35.5. The lowest BCUT2D eigenvalue weighted by Gasteiger charge is -2.14. The fraction of sp³-hybridized carbons (Fsp3) is 0.294. The smallest absolute Gasteiger partial charge is 0.271 e. The van der Waals surface area contributed by atoms with Crippen LogP contribution in [0.2, 0.25) is 5.02 Å². The minimum absolute atomic E-state index is 0.136. The molecular weight excluding hydrogens is 386 g/mol. The van der Waals surface area contributed by atoms with Crippen molar-refractivity contribution in [3.8, 4) is 5.95 Å². The second-order valence-corrected chi connectivity index (χ2v) is 7.50. The molecule has 3 N–H and O–H groups in total. The molecule has 1 atom stereocenters. The predicted octanol–water partition coefficient (Wildman–Crippen LogP) is 2.42. The Hall–Kier alpha value is -2.52. The first-order chi connectivity index (χ1) is 12.8. The Kier molecular flexibility index (Phi) is 5.71. The molecule has 2 heterocycles. The molecule has 0 spiro atoms. The molecule has 0 bridgehead atoms. The highest BCUT2D eigenvalue weighted by Gasteiger charge is 2.17. The van der Waals surface area contributed by atoms with Crippen LogP contribution in [-0.2, 0) is 4.79 Å². The van der Waals surface area contributed by atoms with E-state index >= 15 is 0 Å². The lowest BCUT2D eigenvalue weighted by Crippen LogP contribution is -2.28. The number of carbonyl (C=O) groups is 1. The van der Waals surface area contributed by atoms with Crippen LogP contribution in [0, 0.1) is 13.8 Å². The fourth-order valence-corrected chi connectivity index (χ4v) is 3.48. The first-order valence-corrected chi connectivity index (χ1v) is 9.63. The van der Waals surface area contributed by atoms with Crippen LogP contribution in [0.3, 0.4) is 0 Å². The Bertz CT molecular complexity index is 968. The maximum Gasteiger partial charge on any atom is 0.271 e. The monoisotopic (exact) mass is 405 g/mol. The van der Waals surface area contributed by atoms with Crippen LogP contribution in [0.15, 0.2) is 35.5 Å². The van der Waals surface area contributed by atoms with E-state index in [2.05, 4.69) is 20.6 Å². The summed E-state index contributed by atoms with van der Waals surface area (Å²) >= 11 is 7.20. The van der Waals surface area contributed by atoms with Gasteiger partial charge in [-0.25, -0.2) is 9.36 Å². The van der Waals surface area contributed by atoms with Crippen molar-refractivity contribution in [3.63, 3.8) is 0 Å². The molecule has 3 aromatic rings. The summed E-state index contributed by atoms with van der Waals surface area (Å²) in [6.07, 6.45) is 0. The number of thioether (sulfide) groups is 1.